The van der Waals surface area contributed by atoms with Crippen LogP contribution in [0.3, 0.4) is 0 Å². The third kappa shape index (κ3) is 2.77. The predicted octanol–water partition coefficient (Wildman–Crippen LogP) is 4.10. The molecule has 0 bridgehead atoms. The summed E-state index contributed by atoms with van der Waals surface area (Å²) in [5.41, 5.74) is 4.52. The van der Waals surface area contributed by atoms with Gasteiger partial charge in [-0.05, 0) is 24.3 Å². The molecule has 0 spiro atoms. The lowest BCUT2D eigenvalue weighted by Gasteiger charge is -2.14. The van der Waals surface area contributed by atoms with Gasteiger partial charge < -0.3 is 10.4 Å². The first kappa shape index (κ1) is 13.4. The number of hydrogen-bond acceptors (Lipinski definition) is 4. The highest BCUT2D eigenvalue weighted by Crippen LogP contribution is 2.25. The van der Waals surface area contributed by atoms with Crippen LogP contribution in [0.25, 0.3) is 10.2 Å². The zero-order valence-electron chi connectivity index (χ0n) is 10.6. The summed E-state index contributed by atoms with van der Waals surface area (Å²) in [6.45, 7) is 0.411. The molecule has 1 atom stereocenters. The van der Waals surface area contributed by atoms with Crippen LogP contribution in [-0.4, -0.2) is 16.6 Å². The van der Waals surface area contributed by atoms with Crippen LogP contribution in [0, 0.1) is 0 Å². The average molecular weight is 305 g/mol. The summed E-state index contributed by atoms with van der Waals surface area (Å²) in [5, 5.41) is 14.0. The Morgan fingerprint density at radius 2 is 2.10 bits per heavy atom. The van der Waals surface area contributed by atoms with Crippen LogP contribution in [0.2, 0.25) is 5.02 Å². The average Bonchev–Trinajstić information content (AvgIpc) is 2.92. The number of benzene rings is 2. The van der Waals surface area contributed by atoms with Crippen molar-refractivity contribution < 1.29 is 5.11 Å². The van der Waals surface area contributed by atoms with Gasteiger partial charge in [0.1, 0.15) is 0 Å². The van der Waals surface area contributed by atoms with Crippen molar-refractivity contribution in [2.75, 3.05) is 11.9 Å². The van der Waals surface area contributed by atoms with E-state index in [0.717, 1.165) is 21.5 Å². The smallest absolute Gasteiger partial charge is 0.0976 e. The van der Waals surface area contributed by atoms with Gasteiger partial charge in [-0.25, -0.2) is 4.98 Å². The Hall–Kier alpha value is -1.62. The van der Waals surface area contributed by atoms with Gasteiger partial charge in [0.2, 0.25) is 0 Å². The molecule has 2 aromatic carbocycles. The summed E-state index contributed by atoms with van der Waals surface area (Å²) >= 11 is 7.67. The van der Waals surface area contributed by atoms with Crippen molar-refractivity contribution in [1.29, 1.82) is 0 Å². The Bertz CT molecular complexity index is 728. The van der Waals surface area contributed by atoms with Crippen molar-refractivity contribution in [1.82, 2.24) is 4.98 Å². The summed E-state index contributed by atoms with van der Waals surface area (Å²) in [6.07, 6.45) is -0.638. The normalized spacial score (nSPS) is 12.5. The van der Waals surface area contributed by atoms with Crippen LogP contribution in [0.5, 0.6) is 0 Å². The van der Waals surface area contributed by atoms with Crippen LogP contribution >= 0.6 is 22.9 Å². The van der Waals surface area contributed by atoms with E-state index in [-0.39, 0.29) is 0 Å². The van der Waals surface area contributed by atoms with Gasteiger partial charge in [0.15, 0.2) is 0 Å². The van der Waals surface area contributed by atoms with Gasteiger partial charge >= 0.3 is 0 Å². The van der Waals surface area contributed by atoms with E-state index in [9.17, 15) is 5.11 Å². The fourth-order valence-electron chi connectivity index (χ4n) is 2.03. The highest BCUT2D eigenvalue weighted by Gasteiger charge is 2.10. The maximum Gasteiger partial charge on any atom is 0.0976 e. The van der Waals surface area contributed by atoms with E-state index in [1.54, 1.807) is 17.4 Å². The van der Waals surface area contributed by atoms with Gasteiger partial charge in [0, 0.05) is 22.8 Å². The minimum Gasteiger partial charge on any atom is -0.387 e. The fraction of sp³-hybridized carbons (Fsp3) is 0.133. The summed E-state index contributed by atoms with van der Waals surface area (Å²) in [4.78, 5) is 4.24. The first-order valence-electron chi connectivity index (χ1n) is 6.23. The molecule has 3 nitrogen and oxygen atoms in total. The Morgan fingerprint density at radius 3 is 2.95 bits per heavy atom. The number of anilines is 1. The van der Waals surface area contributed by atoms with Crippen molar-refractivity contribution in [2.45, 2.75) is 6.10 Å². The van der Waals surface area contributed by atoms with Crippen LogP contribution in [0.15, 0.2) is 48.0 Å². The lowest BCUT2D eigenvalue weighted by atomic mass is 10.1. The van der Waals surface area contributed by atoms with Crippen molar-refractivity contribution in [3.05, 3.63) is 58.6 Å². The third-order valence-electron chi connectivity index (χ3n) is 3.10. The van der Waals surface area contributed by atoms with Crippen molar-refractivity contribution >= 4 is 38.8 Å². The number of fused-ring (bicyclic) bond motifs is 1. The molecule has 20 heavy (non-hydrogen) atoms. The zero-order valence-corrected chi connectivity index (χ0v) is 12.2. The monoisotopic (exact) mass is 304 g/mol. The molecule has 102 valence electrons. The van der Waals surface area contributed by atoms with Gasteiger partial charge in [-0.15, -0.1) is 11.3 Å². The minimum absolute atomic E-state index is 0.411. The molecule has 2 N–H and O–H groups in total. The van der Waals surface area contributed by atoms with Crippen LogP contribution in [0.4, 0.5) is 5.69 Å². The fourth-order valence-corrected chi connectivity index (χ4v) is 3.01. The Kier molecular flexibility index (Phi) is 3.87. The van der Waals surface area contributed by atoms with Crippen molar-refractivity contribution in [2.24, 2.45) is 0 Å². The molecule has 5 heteroatoms. The Balaban J connectivity index is 1.71. The molecule has 1 aromatic heterocycles. The number of hydrogen-bond donors (Lipinski definition) is 2. The molecule has 3 aromatic rings. The second-order valence-electron chi connectivity index (χ2n) is 4.45. The molecule has 1 heterocycles. The number of aromatic nitrogens is 1. The molecule has 0 amide bonds. The number of nitrogens with one attached hydrogen (secondary N) is 1. The second-order valence-corrected chi connectivity index (χ2v) is 5.75. The molecular weight excluding hydrogens is 292 g/mol. The second kappa shape index (κ2) is 5.79. The lowest BCUT2D eigenvalue weighted by molar-refractivity contribution is 0.192. The maximum atomic E-state index is 10.2. The molecule has 0 aliphatic heterocycles. The number of halogens is 1. The van der Waals surface area contributed by atoms with E-state index in [0.29, 0.717) is 11.6 Å². The Morgan fingerprint density at radius 1 is 1.25 bits per heavy atom. The Labute approximate surface area is 125 Å². The molecule has 3 rings (SSSR count). The van der Waals surface area contributed by atoms with Crippen molar-refractivity contribution in [3.8, 4) is 0 Å². The summed E-state index contributed by atoms with van der Waals surface area (Å²) in [5.74, 6) is 0. The van der Waals surface area contributed by atoms with Gasteiger partial charge in [-0.2, -0.15) is 0 Å². The van der Waals surface area contributed by atoms with Gasteiger partial charge in [0.25, 0.3) is 0 Å². The molecule has 0 saturated heterocycles. The van der Waals surface area contributed by atoms with Gasteiger partial charge in [-0.3, -0.25) is 0 Å². The predicted molar refractivity (Wildman–Crippen MR) is 84.5 cm³/mol. The van der Waals surface area contributed by atoms with Crippen LogP contribution in [-0.2, 0) is 0 Å². The number of nitrogens with zero attached hydrogens (tertiary/aromatic N) is 1. The maximum absolute atomic E-state index is 10.2. The van der Waals surface area contributed by atoms with Gasteiger partial charge in [-0.1, -0.05) is 29.8 Å². The van der Waals surface area contributed by atoms with Crippen LogP contribution < -0.4 is 5.32 Å². The summed E-state index contributed by atoms with van der Waals surface area (Å²) in [7, 11) is 0. The quantitative estimate of drug-likeness (QED) is 0.763. The van der Waals surface area contributed by atoms with E-state index in [4.69, 9.17) is 11.6 Å². The van der Waals surface area contributed by atoms with Crippen LogP contribution in [0.1, 0.15) is 11.7 Å². The molecule has 0 saturated carbocycles. The molecular formula is C15H13ClN2OS. The largest absolute Gasteiger partial charge is 0.387 e. The highest BCUT2D eigenvalue weighted by atomic mass is 35.5. The summed E-state index contributed by atoms with van der Waals surface area (Å²) in [6, 6.07) is 13.3. The standard InChI is InChI=1S/C15H13ClN2OS/c16-12-4-2-1-3-11(12)14(19)8-17-10-5-6-13-15(7-10)20-9-18-13/h1-7,9,14,17,19H,8H2. The first-order valence-corrected chi connectivity index (χ1v) is 7.49. The number of rotatable bonds is 4. The van der Waals surface area contributed by atoms with E-state index < -0.39 is 6.10 Å². The number of aliphatic hydroxyl groups is 1. The SMILES string of the molecule is OC(CNc1ccc2ncsc2c1)c1ccccc1Cl. The van der Waals surface area contributed by atoms with E-state index in [1.165, 1.54) is 0 Å². The number of aliphatic hydroxyl groups excluding tert-OH is 1. The van der Waals surface area contributed by atoms with E-state index in [1.807, 2.05) is 41.9 Å². The zero-order chi connectivity index (χ0) is 13.9. The molecule has 0 aliphatic carbocycles. The minimum atomic E-state index is -0.638. The van der Waals surface area contributed by atoms with Crippen molar-refractivity contribution in [3.63, 3.8) is 0 Å². The van der Waals surface area contributed by atoms with E-state index >= 15 is 0 Å². The molecule has 0 fully saturated rings. The highest BCUT2D eigenvalue weighted by molar-refractivity contribution is 7.16. The molecule has 0 radical (unpaired) electrons. The first-order chi connectivity index (χ1) is 9.74. The lowest BCUT2D eigenvalue weighted by Crippen LogP contribution is -2.12. The molecule has 0 aliphatic rings. The molecule has 1 unspecified atom stereocenters. The van der Waals surface area contributed by atoms with Gasteiger partial charge in [0.05, 0.1) is 21.8 Å². The summed E-state index contributed by atoms with van der Waals surface area (Å²) < 4.78 is 1.13. The number of thiazole rings is 1. The van der Waals surface area contributed by atoms with E-state index in [2.05, 4.69) is 10.3 Å². The topological polar surface area (TPSA) is 45.1 Å². The third-order valence-corrected chi connectivity index (χ3v) is 4.23.